The van der Waals surface area contributed by atoms with Gasteiger partial charge >= 0.3 is 6.18 Å². The Morgan fingerprint density at radius 3 is 2.48 bits per heavy atom. The number of benzene rings is 1. The maximum atomic E-state index is 12.8. The van der Waals surface area contributed by atoms with Crippen molar-refractivity contribution in [1.29, 1.82) is 0 Å². The zero-order chi connectivity index (χ0) is 17.4. The molecule has 0 bridgehead atoms. The van der Waals surface area contributed by atoms with Crippen LogP contribution in [0, 0.1) is 0 Å². The summed E-state index contributed by atoms with van der Waals surface area (Å²) in [6.07, 6.45) is -4.71. The zero-order valence-corrected chi connectivity index (χ0v) is 12.8. The van der Waals surface area contributed by atoms with Gasteiger partial charge in [-0.25, -0.2) is 0 Å². The van der Waals surface area contributed by atoms with E-state index in [-0.39, 0.29) is 17.3 Å². The van der Waals surface area contributed by atoms with Gasteiger partial charge in [0.1, 0.15) is 11.4 Å². The Morgan fingerprint density at radius 1 is 1.30 bits per heavy atom. The van der Waals surface area contributed by atoms with Crippen LogP contribution in [0.15, 0.2) is 24.3 Å². The molecule has 0 unspecified atom stereocenters. The summed E-state index contributed by atoms with van der Waals surface area (Å²) < 4.78 is 39.6. The lowest BCUT2D eigenvalue weighted by Crippen LogP contribution is -2.16. The van der Waals surface area contributed by atoms with Crippen LogP contribution >= 0.6 is 0 Å². The number of carbonyl (C=O) groups excluding carboxylic acids is 1. The van der Waals surface area contributed by atoms with Crippen LogP contribution in [-0.2, 0) is 13.2 Å². The van der Waals surface area contributed by atoms with E-state index >= 15 is 0 Å². The number of amides is 1. The molecule has 1 aromatic carbocycles. The molecule has 0 aliphatic carbocycles. The number of aromatic nitrogens is 2. The van der Waals surface area contributed by atoms with Crippen molar-refractivity contribution in [2.75, 3.05) is 5.32 Å². The van der Waals surface area contributed by atoms with Gasteiger partial charge in [-0.3, -0.25) is 9.48 Å². The van der Waals surface area contributed by atoms with Gasteiger partial charge in [0.2, 0.25) is 0 Å². The molecule has 1 aromatic heterocycles. The van der Waals surface area contributed by atoms with E-state index in [4.69, 9.17) is 0 Å². The topological polar surface area (TPSA) is 67.2 Å². The van der Waals surface area contributed by atoms with Crippen molar-refractivity contribution in [3.8, 4) is 5.75 Å². The second-order valence-corrected chi connectivity index (χ2v) is 5.42. The highest BCUT2D eigenvalue weighted by molar-refractivity contribution is 6.03. The molecule has 124 valence electrons. The van der Waals surface area contributed by atoms with Gasteiger partial charge in [-0.2, -0.15) is 18.3 Å². The van der Waals surface area contributed by atoms with Crippen molar-refractivity contribution in [2.24, 2.45) is 7.05 Å². The third kappa shape index (κ3) is 3.64. The lowest BCUT2D eigenvalue weighted by molar-refractivity contribution is -0.138. The van der Waals surface area contributed by atoms with Crippen molar-refractivity contribution in [3.63, 3.8) is 0 Å². The minimum absolute atomic E-state index is 0.0626. The summed E-state index contributed by atoms with van der Waals surface area (Å²) >= 11 is 0. The number of aromatic hydroxyl groups is 1. The van der Waals surface area contributed by atoms with Crippen molar-refractivity contribution in [2.45, 2.75) is 25.9 Å². The van der Waals surface area contributed by atoms with Crippen LogP contribution in [0.2, 0.25) is 0 Å². The van der Waals surface area contributed by atoms with Crippen molar-refractivity contribution in [1.82, 2.24) is 9.78 Å². The summed E-state index contributed by atoms with van der Waals surface area (Å²) in [4.78, 5) is 12.2. The second-order valence-electron chi connectivity index (χ2n) is 5.42. The minimum Gasteiger partial charge on any atom is -0.507 e. The lowest BCUT2D eigenvalue weighted by Gasteiger charge is -2.11. The Bertz CT molecular complexity index is 736. The monoisotopic (exact) mass is 327 g/mol. The van der Waals surface area contributed by atoms with E-state index in [1.165, 1.54) is 10.7 Å². The van der Waals surface area contributed by atoms with Crippen LogP contribution in [0.1, 0.15) is 41.5 Å². The van der Waals surface area contributed by atoms with Gasteiger partial charge in [0.15, 0.2) is 0 Å². The average Bonchev–Trinajstić information content (AvgIpc) is 2.82. The van der Waals surface area contributed by atoms with E-state index in [1.54, 1.807) is 13.1 Å². The number of hydrogen-bond acceptors (Lipinski definition) is 3. The fourth-order valence-corrected chi connectivity index (χ4v) is 2.02. The van der Waals surface area contributed by atoms with Crippen LogP contribution in [0.3, 0.4) is 0 Å². The van der Waals surface area contributed by atoms with Crippen LogP contribution in [0.4, 0.5) is 18.9 Å². The zero-order valence-electron chi connectivity index (χ0n) is 12.8. The first-order valence-electron chi connectivity index (χ1n) is 6.85. The largest absolute Gasteiger partial charge is 0.507 e. The molecule has 5 nitrogen and oxygen atoms in total. The standard InChI is InChI=1S/C15H16F3N3O2/c1-8(2)11-7-12(21(3)20-11)14(23)19-9-4-5-13(22)10(6-9)15(16,17)18/h4-8,22H,1-3H3,(H,19,23). The number of phenols is 1. The maximum absolute atomic E-state index is 12.8. The molecule has 0 fully saturated rings. The Kier molecular flexibility index (Phi) is 4.35. The average molecular weight is 327 g/mol. The Labute approximate surface area is 130 Å². The quantitative estimate of drug-likeness (QED) is 0.848. The van der Waals surface area contributed by atoms with Gasteiger partial charge in [-0.15, -0.1) is 0 Å². The predicted molar refractivity (Wildman–Crippen MR) is 78.4 cm³/mol. The van der Waals surface area contributed by atoms with Gasteiger partial charge in [0.25, 0.3) is 5.91 Å². The molecule has 8 heteroatoms. The summed E-state index contributed by atoms with van der Waals surface area (Å²) in [5, 5.41) is 15.8. The highest BCUT2D eigenvalue weighted by atomic mass is 19.4. The normalized spacial score (nSPS) is 11.8. The molecule has 2 aromatic rings. The number of nitrogens with zero attached hydrogens (tertiary/aromatic N) is 2. The number of alkyl halides is 3. The summed E-state index contributed by atoms with van der Waals surface area (Å²) in [5.74, 6) is -1.35. The molecular formula is C15H16F3N3O2. The lowest BCUT2D eigenvalue weighted by atomic mass is 10.1. The van der Waals surface area contributed by atoms with Gasteiger partial charge in [-0.05, 0) is 30.2 Å². The number of carbonyl (C=O) groups is 1. The first-order valence-corrected chi connectivity index (χ1v) is 6.85. The first-order chi connectivity index (χ1) is 10.6. The molecule has 0 aliphatic heterocycles. The summed E-state index contributed by atoms with van der Waals surface area (Å²) in [7, 11) is 1.58. The van der Waals surface area contributed by atoms with Gasteiger partial charge < -0.3 is 10.4 Å². The summed E-state index contributed by atoms with van der Waals surface area (Å²) in [5.41, 5.74) is -0.328. The molecule has 1 heterocycles. The van der Waals surface area contributed by atoms with Gasteiger partial charge in [-0.1, -0.05) is 13.8 Å². The third-order valence-electron chi connectivity index (χ3n) is 3.28. The van der Waals surface area contributed by atoms with Crippen LogP contribution in [0.25, 0.3) is 0 Å². The number of phenolic OH excluding ortho intramolecular Hbond substituents is 1. The Balaban J connectivity index is 2.27. The number of halogens is 3. The summed E-state index contributed by atoms with van der Waals surface area (Å²) in [6, 6.07) is 4.36. The predicted octanol–water partition coefficient (Wildman–Crippen LogP) is 3.52. The Morgan fingerprint density at radius 2 is 1.96 bits per heavy atom. The molecule has 0 aliphatic rings. The molecule has 2 rings (SSSR count). The summed E-state index contributed by atoms with van der Waals surface area (Å²) in [6.45, 7) is 3.83. The smallest absolute Gasteiger partial charge is 0.420 e. The number of aryl methyl sites for hydroxylation is 1. The fourth-order valence-electron chi connectivity index (χ4n) is 2.02. The van der Waals surface area contributed by atoms with E-state index in [0.717, 1.165) is 6.07 Å². The van der Waals surface area contributed by atoms with E-state index < -0.39 is 23.4 Å². The van der Waals surface area contributed by atoms with E-state index in [0.29, 0.717) is 11.8 Å². The molecular weight excluding hydrogens is 311 g/mol. The SMILES string of the molecule is CC(C)c1cc(C(=O)Nc2ccc(O)c(C(F)(F)F)c2)n(C)n1. The minimum atomic E-state index is -4.71. The molecule has 1 amide bonds. The fraction of sp³-hybridized carbons (Fsp3) is 0.333. The molecule has 23 heavy (non-hydrogen) atoms. The molecule has 0 atom stereocenters. The van der Waals surface area contributed by atoms with Crippen LogP contribution < -0.4 is 5.32 Å². The first kappa shape index (κ1) is 16.9. The van der Waals surface area contributed by atoms with E-state index in [2.05, 4.69) is 10.4 Å². The van der Waals surface area contributed by atoms with E-state index in [9.17, 15) is 23.1 Å². The number of nitrogens with one attached hydrogen (secondary N) is 1. The molecule has 0 radical (unpaired) electrons. The number of hydrogen-bond donors (Lipinski definition) is 2. The van der Waals surface area contributed by atoms with Gasteiger partial charge in [0, 0.05) is 12.7 Å². The third-order valence-corrected chi connectivity index (χ3v) is 3.28. The van der Waals surface area contributed by atoms with Crippen molar-refractivity contribution < 1.29 is 23.1 Å². The molecule has 0 spiro atoms. The van der Waals surface area contributed by atoms with Crippen LogP contribution in [-0.4, -0.2) is 20.8 Å². The Hall–Kier alpha value is -2.51. The molecule has 2 N–H and O–H groups in total. The number of rotatable bonds is 3. The highest BCUT2D eigenvalue weighted by Gasteiger charge is 2.34. The second kappa shape index (κ2) is 5.94. The number of anilines is 1. The molecule has 0 saturated carbocycles. The van der Waals surface area contributed by atoms with Crippen molar-refractivity contribution in [3.05, 3.63) is 41.2 Å². The molecule has 0 saturated heterocycles. The highest BCUT2D eigenvalue weighted by Crippen LogP contribution is 2.37. The van der Waals surface area contributed by atoms with E-state index in [1.807, 2.05) is 13.8 Å². The van der Waals surface area contributed by atoms with Crippen molar-refractivity contribution >= 4 is 11.6 Å². The maximum Gasteiger partial charge on any atom is 0.420 e. The van der Waals surface area contributed by atoms with Gasteiger partial charge in [0.05, 0.1) is 11.3 Å². The van der Waals surface area contributed by atoms with Crippen LogP contribution in [0.5, 0.6) is 5.75 Å².